The van der Waals surface area contributed by atoms with Gasteiger partial charge in [-0.15, -0.1) is 0 Å². The second kappa shape index (κ2) is 6.83. The highest BCUT2D eigenvalue weighted by molar-refractivity contribution is 5.78. The molecule has 0 aliphatic rings. The van der Waals surface area contributed by atoms with Gasteiger partial charge in [-0.05, 0) is 19.3 Å². The molecule has 0 fully saturated rings. The first-order valence-electron chi connectivity index (χ1n) is 5.95. The summed E-state index contributed by atoms with van der Waals surface area (Å²) in [4.78, 5) is 10.9. The average molecular weight is 215 g/mol. The Morgan fingerprint density at radius 3 is 2.33 bits per heavy atom. The summed E-state index contributed by atoms with van der Waals surface area (Å²) in [7, 11) is 0. The molecular formula is C12H25NO2. The molecule has 0 heterocycles. The third-order valence-corrected chi connectivity index (χ3v) is 3.23. The molecule has 0 bridgehead atoms. The lowest BCUT2D eigenvalue weighted by Gasteiger charge is -2.26. The Labute approximate surface area is 93.0 Å². The molecule has 0 aromatic heterocycles. The zero-order valence-corrected chi connectivity index (χ0v) is 10.3. The van der Waals surface area contributed by atoms with Crippen molar-refractivity contribution in [2.24, 2.45) is 11.7 Å². The average Bonchev–Trinajstić information content (AvgIpc) is 2.16. The highest BCUT2D eigenvalue weighted by Gasteiger charge is 2.33. The van der Waals surface area contributed by atoms with Crippen LogP contribution in [0.3, 0.4) is 0 Å². The van der Waals surface area contributed by atoms with Gasteiger partial charge in [0.15, 0.2) is 0 Å². The van der Waals surface area contributed by atoms with Crippen LogP contribution in [0.1, 0.15) is 59.3 Å². The molecule has 0 aliphatic heterocycles. The van der Waals surface area contributed by atoms with Gasteiger partial charge >= 0.3 is 5.97 Å². The first-order valence-corrected chi connectivity index (χ1v) is 5.95. The number of hydrogen-bond acceptors (Lipinski definition) is 2. The van der Waals surface area contributed by atoms with Crippen LogP contribution in [-0.4, -0.2) is 16.6 Å². The van der Waals surface area contributed by atoms with E-state index >= 15 is 0 Å². The Kier molecular flexibility index (Phi) is 6.57. The van der Waals surface area contributed by atoms with Crippen molar-refractivity contribution in [1.29, 1.82) is 0 Å². The first-order chi connectivity index (χ1) is 6.92. The van der Waals surface area contributed by atoms with E-state index in [1.807, 2.05) is 6.92 Å². The standard InChI is InChI=1S/C12H25NO2/c1-4-5-6-7-8-9-10(2)12(3,13)11(14)15/h10H,4-9,13H2,1-3H3,(H,14,15). The van der Waals surface area contributed by atoms with E-state index in [0.29, 0.717) is 0 Å². The van der Waals surface area contributed by atoms with E-state index in [2.05, 4.69) is 6.92 Å². The van der Waals surface area contributed by atoms with Gasteiger partial charge in [-0.2, -0.15) is 0 Å². The summed E-state index contributed by atoms with van der Waals surface area (Å²) in [5.74, 6) is -0.861. The van der Waals surface area contributed by atoms with Gasteiger partial charge in [-0.1, -0.05) is 46.0 Å². The number of unbranched alkanes of at least 4 members (excludes halogenated alkanes) is 4. The van der Waals surface area contributed by atoms with E-state index in [1.165, 1.54) is 25.7 Å². The zero-order chi connectivity index (χ0) is 11.9. The SMILES string of the molecule is CCCCCCCC(C)C(C)(N)C(=O)O. The fourth-order valence-electron chi connectivity index (χ4n) is 1.56. The molecule has 0 radical (unpaired) electrons. The zero-order valence-electron chi connectivity index (χ0n) is 10.3. The second-order valence-electron chi connectivity index (χ2n) is 4.69. The number of nitrogens with two attached hydrogens (primary N) is 1. The van der Waals surface area contributed by atoms with Crippen molar-refractivity contribution in [2.45, 2.75) is 64.8 Å². The van der Waals surface area contributed by atoms with E-state index in [1.54, 1.807) is 6.92 Å². The fourth-order valence-corrected chi connectivity index (χ4v) is 1.56. The third kappa shape index (κ3) is 5.17. The molecule has 0 aliphatic carbocycles. The molecule has 0 spiro atoms. The molecule has 0 aromatic rings. The third-order valence-electron chi connectivity index (χ3n) is 3.23. The van der Waals surface area contributed by atoms with E-state index in [4.69, 9.17) is 10.8 Å². The monoisotopic (exact) mass is 215 g/mol. The smallest absolute Gasteiger partial charge is 0.323 e. The van der Waals surface area contributed by atoms with Crippen LogP contribution in [0.5, 0.6) is 0 Å². The fraction of sp³-hybridized carbons (Fsp3) is 0.917. The van der Waals surface area contributed by atoms with E-state index in [-0.39, 0.29) is 5.92 Å². The summed E-state index contributed by atoms with van der Waals surface area (Å²) in [5, 5.41) is 8.93. The van der Waals surface area contributed by atoms with Gasteiger partial charge in [0, 0.05) is 0 Å². The predicted octanol–water partition coefficient (Wildman–Crippen LogP) is 2.79. The van der Waals surface area contributed by atoms with Crippen LogP contribution in [-0.2, 0) is 4.79 Å². The van der Waals surface area contributed by atoms with Crippen LogP contribution in [0.15, 0.2) is 0 Å². The molecule has 0 saturated carbocycles. The molecule has 2 atom stereocenters. The maximum Gasteiger partial charge on any atom is 0.323 e. The van der Waals surface area contributed by atoms with Crippen LogP contribution < -0.4 is 5.73 Å². The molecule has 3 N–H and O–H groups in total. The van der Waals surface area contributed by atoms with Crippen molar-refractivity contribution < 1.29 is 9.90 Å². The van der Waals surface area contributed by atoms with E-state index < -0.39 is 11.5 Å². The highest BCUT2D eigenvalue weighted by atomic mass is 16.4. The van der Waals surface area contributed by atoms with Crippen molar-refractivity contribution >= 4 is 5.97 Å². The number of aliphatic carboxylic acids is 1. The number of carboxylic acid groups (broad SMARTS) is 1. The molecule has 0 amide bonds. The molecule has 0 rings (SSSR count). The summed E-state index contributed by atoms with van der Waals surface area (Å²) in [6.07, 6.45) is 6.93. The molecule has 2 unspecified atom stereocenters. The van der Waals surface area contributed by atoms with Gasteiger partial charge < -0.3 is 10.8 Å². The van der Waals surface area contributed by atoms with Gasteiger partial charge in [-0.3, -0.25) is 4.79 Å². The first kappa shape index (κ1) is 14.4. The lowest BCUT2D eigenvalue weighted by Crippen LogP contribution is -2.50. The van der Waals surface area contributed by atoms with Crippen LogP contribution in [0, 0.1) is 5.92 Å². The normalized spacial score (nSPS) is 17.1. The number of hydrogen-bond donors (Lipinski definition) is 2. The summed E-state index contributed by atoms with van der Waals surface area (Å²) in [5.41, 5.74) is 4.67. The summed E-state index contributed by atoms with van der Waals surface area (Å²) < 4.78 is 0. The van der Waals surface area contributed by atoms with Crippen LogP contribution >= 0.6 is 0 Å². The van der Waals surface area contributed by atoms with Crippen LogP contribution in [0.25, 0.3) is 0 Å². The number of carboxylic acids is 1. The topological polar surface area (TPSA) is 63.3 Å². The lowest BCUT2D eigenvalue weighted by molar-refractivity contribution is -0.144. The van der Waals surface area contributed by atoms with Crippen molar-refractivity contribution in [2.75, 3.05) is 0 Å². The Morgan fingerprint density at radius 2 is 1.87 bits per heavy atom. The Morgan fingerprint density at radius 1 is 1.33 bits per heavy atom. The minimum Gasteiger partial charge on any atom is -0.480 e. The van der Waals surface area contributed by atoms with Crippen molar-refractivity contribution in [3.8, 4) is 0 Å². The van der Waals surface area contributed by atoms with E-state index in [9.17, 15) is 4.79 Å². The van der Waals surface area contributed by atoms with Crippen molar-refractivity contribution in [1.82, 2.24) is 0 Å². The summed E-state index contributed by atoms with van der Waals surface area (Å²) >= 11 is 0. The van der Waals surface area contributed by atoms with Crippen molar-refractivity contribution in [3.05, 3.63) is 0 Å². The molecule has 0 aromatic carbocycles. The predicted molar refractivity (Wildman–Crippen MR) is 62.8 cm³/mol. The highest BCUT2D eigenvalue weighted by Crippen LogP contribution is 2.21. The maximum atomic E-state index is 10.9. The number of carbonyl (C=O) groups is 1. The Bertz CT molecular complexity index is 190. The minimum absolute atomic E-state index is 0.0385. The summed E-state index contributed by atoms with van der Waals surface area (Å²) in [6.45, 7) is 5.71. The quantitative estimate of drug-likeness (QED) is 0.612. The lowest BCUT2D eigenvalue weighted by atomic mass is 9.84. The molecule has 3 heteroatoms. The van der Waals surface area contributed by atoms with Gasteiger partial charge in [0.1, 0.15) is 5.54 Å². The second-order valence-corrected chi connectivity index (χ2v) is 4.69. The van der Waals surface area contributed by atoms with Gasteiger partial charge in [0.2, 0.25) is 0 Å². The van der Waals surface area contributed by atoms with Crippen LogP contribution in [0.2, 0.25) is 0 Å². The maximum absolute atomic E-state index is 10.9. The largest absolute Gasteiger partial charge is 0.480 e. The molecule has 3 nitrogen and oxygen atoms in total. The van der Waals surface area contributed by atoms with Gasteiger partial charge in [-0.25, -0.2) is 0 Å². The van der Waals surface area contributed by atoms with E-state index in [0.717, 1.165) is 12.8 Å². The number of rotatable bonds is 8. The Balaban J connectivity index is 3.73. The van der Waals surface area contributed by atoms with Crippen LogP contribution in [0.4, 0.5) is 0 Å². The minimum atomic E-state index is -1.08. The van der Waals surface area contributed by atoms with Gasteiger partial charge in [0.05, 0.1) is 0 Å². The van der Waals surface area contributed by atoms with Gasteiger partial charge in [0.25, 0.3) is 0 Å². The van der Waals surface area contributed by atoms with Crippen molar-refractivity contribution in [3.63, 3.8) is 0 Å². The summed E-state index contributed by atoms with van der Waals surface area (Å²) in [6, 6.07) is 0. The Hall–Kier alpha value is -0.570. The molecule has 90 valence electrons. The molecule has 0 saturated heterocycles. The molecule has 15 heavy (non-hydrogen) atoms. The molecular weight excluding hydrogens is 190 g/mol.